The Morgan fingerprint density at radius 1 is 1.47 bits per heavy atom. The number of fused-ring (bicyclic) bond motifs is 3. The van der Waals surface area contributed by atoms with Gasteiger partial charge in [0.15, 0.2) is 0 Å². The van der Waals surface area contributed by atoms with Crippen molar-refractivity contribution in [1.29, 1.82) is 5.26 Å². The second-order valence-corrected chi connectivity index (χ2v) is 4.97. The van der Waals surface area contributed by atoms with Crippen LogP contribution < -0.4 is 10.1 Å². The first-order valence-corrected chi connectivity index (χ1v) is 6.07. The molecule has 3 nitrogen and oxygen atoms in total. The Balaban J connectivity index is 2.16. The van der Waals surface area contributed by atoms with E-state index in [0.717, 1.165) is 18.7 Å². The minimum absolute atomic E-state index is 0.251. The fourth-order valence-electron chi connectivity index (χ4n) is 3.47. The van der Waals surface area contributed by atoms with E-state index in [-0.39, 0.29) is 5.92 Å². The fourth-order valence-corrected chi connectivity index (χ4v) is 3.47. The van der Waals surface area contributed by atoms with E-state index in [4.69, 9.17) is 4.74 Å². The summed E-state index contributed by atoms with van der Waals surface area (Å²) in [6.07, 6.45) is 1.04. The first-order valence-electron chi connectivity index (χ1n) is 6.07. The molecule has 1 heterocycles. The molecule has 3 atom stereocenters. The SMILES string of the molecule is COc1ccc2c(c1)[C@@H]1CCN[C@]1(C#N)[C@@H]2C. The third kappa shape index (κ3) is 1.19. The van der Waals surface area contributed by atoms with Gasteiger partial charge in [0.05, 0.1) is 13.2 Å². The van der Waals surface area contributed by atoms with Crippen molar-refractivity contribution >= 4 is 0 Å². The lowest BCUT2D eigenvalue weighted by molar-refractivity contribution is 0.406. The van der Waals surface area contributed by atoms with Crippen molar-refractivity contribution in [2.75, 3.05) is 13.7 Å². The van der Waals surface area contributed by atoms with E-state index >= 15 is 0 Å². The van der Waals surface area contributed by atoms with Gasteiger partial charge in [0, 0.05) is 11.8 Å². The van der Waals surface area contributed by atoms with Crippen molar-refractivity contribution in [2.24, 2.45) is 0 Å². The van der Waals surface area contributed by atoms with Crippen LogP contribution in [-0.4, -0.2) is 19.2 Å². The van der Waals surface area contributed by atoms with Gasteiger partial charge in [-0.15, -0.1) is 0 Å². The number of rotatable bonds is 1. The molecule has 0 bridgehead atoms. The molecule has 1 fully saturated rings. The van der Waals surface area contributed by atoms with Crippen LogP contribution in [0.15, 0.2) is 18.2 Å². The Morgan fingerprint density at radius 3 is 3.00 bits per heavy atom. The van der Waals surface area contributed by atoms with Crippen LogP contribution >= 0.6 is 0 Å². The fraction of sp³-hybridized carbons (Fsp3) is 0.500. The maximum atomic E-state index is 9.55. The predicted octanol–water partition coefficient (Wildman–Crippen LogP) is 2.15. The van der Waals surface area contributed by atoms with Crippen LogP contribution in [0.2, 0.25) is 0 Å². The van der Waals surface area contributed by atoms with Gasteiger partial charge in [-0.3, -0.25) is 5.32 Å². The van der Waals surface area contributed by atoms with E-state index in [1.165, 1.54) is 11.1 Å². The number of ether oxygens (including phenoxy) is 1. The number of nitrogens with zero attached hydrogens (tertiary/aromatic N) is 1. The first-order chi connectivity index (χ1) is 8.23. The largest absolute Gasteiger partial charge is 0.497 e. The van der Waals surface area contributed by atoms with Crippen molar-refractivity contribution in [3.63, 3.8) is 0 Å². The second-order valence-electron chi connectivity index (χ2n) is 4.97. The smallest absolute Gasteiger partial charge is 0.120 e. The molecule has 1 aliphatic carbocycles. The van der Waals surface area contributed by atoms with Crippen LogP contribution in [0.4, 0.5) is 0 Å². The maximum absolute atomic E-state index is 9.55. The van der Waals surface area contributed by atoms with E-state index in [1.54, 1.807) is 7.11 Å². The topological polar surface area (TPSA) is 45.0 Å². The van der Waals surface area contributed by atoms with Crippen LogP contribution in [0.1, 0.15) is 36.3 Å². The lowest BCUT2D eigenvalue weighted by Crippen LogP contribution is -2.43. The van der Waals surface area contributed by atoms with Gasteiger partial charge in [0.25, 0.3) is 0 Å². The zero-order valence-electron chi connectivity index (χ0n) is 10.2. The van der Waals surface area contributed by atoms with Crippen molar-refractivity contribution in [1.82, 2.24) is 5.32 Å². The van der Waals surface area contributed by atoms with E-state index in [0.29, 0.717) is 5.92 Å². The van der Waals surface area contributed by atoms with Gasteiger partial charge in [-0.25, -0.2) is 0 Å². The molecule has 17 heavy (non-hydrogen) atoms. The molecular weight excluding hydrogens is 212 g/mol. The van der Waals surface area contributed by atoms with E-state index < -0.39 is 5.54 Å². The molecule has 2 aliphatic rings. The maximum Gasteiger partial charge on any atom is 0.120 e. The van der Waals surface area contributed by atoms with Crippen LogP contribution in [0.5, 0.6) is 5.75 Å². The predicted molar refractivity (Wildman–Crippen MR) is 65.1 cm³/mol. The van der Waals surface area contributed by atoms with Gasteiger partial charge in [-0.2, -0.15) is 5.26 Å². The standard InChI is InChI=1S/C14H16N2O/c1-9-11-4-3-10(17-2)7-12(11)13-5-6-16-14(9,13)8-15/h3-4,7,9,13,16H,5-6H2,1-2H3/t9-,13+,14-/m1/s1. The van der Waals surface area contributed by atoms with Gasteiger partial charge in [-0.05, 0) is 36.2 Å². The molecule has 1 aromatic carbocycles. The molecule has 0 amide bonds. The summed E-state index contributed by atoms with van der Waals surface area (Å²) in [5, 5.41) is 13.0. The summed E-state index contributed by atoms with van der Waals surface area (Å²) in [5.74, 6) is 1.45. The molecule has 3 rings (SSSR count). The highest BCUT2D eigenvalue weighted by atomic mass is 16.5. The zero-order chi connectivity index (χ0) is 12.0. The van der Waals surface area contributed by atoms with Crippen molar-refractivity contribution in [3.8, 4) is 11.8 Å². The molecule has 88 valence electrons. The number of hydrogen-bond acceptors (Lipinski definition) is 3. The normalized spacial score (nSPS) is 33.9. The Labute approximate surface area is 101 Å². The van der Waals surface area contributed by atoms with Gasteiger partial charge >= 0.3 is 0 Å². The van der Waals surface area contributed by atoms with Crippen LogP contribution in [0.25, 0.3) is 0 Å². The third-order valence-electron chi connectivity index (χ3n) is 4.40. The molecule has 0 unspecified atom stereocenters. The highest BCUT2D eigenvalue weighted by Gasteiger charge is 2.54. The average molecular weight is 228 g/mol. The quantitative estimate of drug-likeness (QED) is 0.801. The van der Waals surface area contributed by atoms with Crippen LogP contribution in [-0.2, 0) is 0 Å². The summed E-state index contributed by atoms with van der Waals surface area (Å²) in [6.45, 7) is 3.08. The first kappa shape index (κ1) is 10.6. The Kier molecular flexibility index (Phi) is 2.17. The van der Waals surface area contributed by atoms with Crippen LogP contribution in [0, 0.1) is 11.3 Å². The van der Waals surface area contributed by atoms with Crippen LogP contribution in [0.3, 0.4) is 0 Å². The molecule has 3 heteroatoms. The molecule has 0 aromatic heterocycles. The summed E-state index contributed by atoms with van der Waals surface area (Å²) in [6, 6.07) is 8.72. The highest BCUT2D eigenvalue weighted by Crippen LogP contribution is 2.53. The molecule has 1 saturated heterocycles. The summed E-state index contributed by atoms with van der Waals surface area (Å²) >= 11 is 0. The molecule has 1 aromatic rings. The lowest BCUT2D eigenvalue weighted by atomic mass is 9.82. The van der Waals surface area contributed by atoms with E-state index in [9.17, 15) is 5.26 Å². The summed E-state index contributed by atoms with van der Waals surface area (Å²) in [5.41, 5.74) is 2.20. The summed E-state index contributed by atoms with van der Waals surface area (Å²) in [7, 11) is 1.69. The van der Waals surface area contributed by atoms with Gasteiger partial charge in [0.2, 0.25) is 0 Å². The van der Waals surface area contributed by atoms with Crippen molar-refractivity contribution in [2.45, 2.75) is 30.7 Å². The average Bonchev–Trinajstić information content (AvgIpc) is 2.89. The highest BCUT2D eigenvalue weighted by molar-refractivity contribution is 5.52. The van der Waals surface area contributed by atoms with Crippen molar-refractivity contribution in [3.05, 3.63) is 29.3 Å². The van der Waals surface area contributed by atoms with Gasteiger partial charge in [-0.1, -0.05) is 13.0 Å². The monoisotopic (exact) mass is 228 g/mol. The Morgan fingerprint density at radius 2 is 2.29 bits per heavy atom. The Bertz CT molecular complexity index is 505. The number of methoxy groups -OCH3 is 1. The summed E-state index contributed by atoms with van der Waals surface area (Å²) < 4.78 is 5.29. The van der Waals surface area contributed by atoms with E-state index in [2.05, 4.69) is 30.4 Å². The minimum atomic E-state index is -0.394. The van der Waals surface area contributed by atoms with Gasteiger partial charge < -0.3 is 4.74 Å². The molecule has 1 aliphatic heterocycles. The van der Waals surface area contributed by atoms with E-state index in [1.807, 2.05) is 6.07 Å². The van der Waals surface area contributed by atoms with Crippen molar-refractivity contribution < 1.29 is 4.74 Å². The molecule has 1 N–H and O–H groups in total. The summed E-state index contributed by atoms with van der Waals surface area (Å²) in [4.78, 5) is 0. The number of benzene rings is 1. The number of nitrogens with one attached hydrogen (secondary N) is 1. The number of nitriles is 1. The molecule has 0 radical (unpaired) electrons. The molecule has 0 saturated carbocycles. The zero-order valence-corrected chi connectivity index (χ0v) is 10.2. The molecular formula is C14H16N2O. The Hall–Kier alpha value is -1.53. The van der Waals surface area contributed by atoms with Gasteiger partial charge in [0.1, 0.15) is 11.3 Å². The number of hydrogen-bond donors (Lipinski definition) is 1. The third-order valence-corrected chi connectivity index (χ3v) is 4.40. The lowest BCUT2D eigenvalue weighted by Gasteiger charge is -2.26. The minimum Gasteiger partial charge on any atom is -0.497 e. The molecule has 0 spiro atoms. The second kappa shape index (κ2) is 3.48.